The molecule has 0 radical (unpaired) electrons. The molecule has 0 aliphatic heterocycles. The zero-order valence-electron chi connectivity index (χ0n) is 30.5. The molecule has 0 unspecified atom stereocenters. The number of carbonyl (C=O) groups is 3. The fraction of sp³-hybridized carbons (Fsp3) is 0.875. The average molecular weight is 655 g/mol. The quantitative estimate of drug-likeness (QED) is 0.127. The van der Waals surface area contributed by atoms with E-state index in [9.17, 15) is 19.5 Å². The van der Waals surface area contributed by atoms with Crippen LogP contribution in [0.2, 0.25) is 0 Å². The number of hydrogen-bond donors (Lipinski definition) is 4. The molecule has 7 heteroatoms. The summed E-state index contributed by atoms with van der Waals surface area (Å²) in [5.74, 6) is 1.58. The lowest BCUT2D eigenvalue weighted by Crippen LogP contribution is -2.67. The van der Waals surface area contributed by atoms with Crippen LogP contribution in [0, 0.1) is 56.7 Å². The molecule has 5 rings (SSSR count). The molecule has 0 aromatic rings. The molecule has 10 atom stereocenters. The summed E-state index contributed by atoms with van der Waals surface area (Å²) >= 11 is 0. The van der Waals surface area contributed by atoms with Gasteiger partial charge in [0.2, 0.25) is 11.8 Å². The Labute approximate surface area is 284 Å². The van der Waals surface area contributed by atoms with E-state index in [0.29, 0.717) is 42.6 Å². The van der Waals surface area contributed by atoms with Crippen molar-refractivity contribution < 1.29 is 24.6 Å². The Morgan fingerprint density at radius 2 is 1.47 bits per heavy atom. The number of aliphatic hydroxyl groups is 1. The van der Waals surface area contributed by atoms with Crippen LogP contribution in [-0.2, 0) is 14.4 Å². The zero-order valence-corrected chi connectivity index (χ0v) is 30.5. The number of nitrogens with one attached hydrogen (secondary N) is 2. The van der Waals surface area contributed by atoms with Crippen LogP contribution in [0.25, 0.3) is 0 Å². The third kappa shape index (κ3) is 6.11. The van der Waals surface area contributed by atoms with Crippen LogP contribution in [0.4, 0.5) is 0 Å². The van der Waals surface area contributed by atoms with E-state index < -0.39 is 5.97 Å². The van der Waals surface area contributed by atoms with Crippen molar-refractivity contribution in [2.75, 3.05) is 13.1 Å². The fourth-order valence-electron chi connectivity index (χ4n) is 13.1. The van der Waals surface area contributed by atoms with Crippen LogP contribution >= 0.6 is 0 Å². The Morgan fingerprint density at radius 3 is 2.17 bits per heavy atom. The second-order valence-electron chi connectivity index (χ2n) is 18.2. The van der Waals surface area contributed by atoms with Crippen LogP contribution in [-0.4, -0.2) is 47.2 Å². The minimum atomic E-state index is -1.02. The number of allylic oxidation sites excluding steroid dienone is 1. The maximum atomic E-state index is 14.3. The molecule has 5 fully saturated rings. The molecule has 0 aromatic heterocycles. The van der Waals surface area contributed by atoms with Crippen molar-refractivity contribution in [1.29, 1.82) is 0 Å². The monoisotopic (exact) mass is 654 g/mol. The molecule has 266 valence electrons. The Hall–Kier alpha value is -1.89. The summed E-state index contributed by atoms with van der Waals surface area (Å²) in [6.45, 7) is 19.6. The fourth-order valence-corrected chi connectivity index (χ4v) is 13.1. The first kappa shape index (κ1) is 36.4. The molecule has 0 aromatic carbocycles. The van der Waals surface area contributed by atoms with Crippen molar-refractivity contribution in [3.8, 4) is 0 Å². The third-order valence-electron chi connectivity index (χ3n) is 15.8. The average Bonchev–Trinajstić information content (AvgIpc) is 3.41. The Bertz CT molecular complexity index is 1210. The van der Waals surface area contributed by atoms with Crippen molar-refractivity contribution in [3.05, 3.63) is 12.2 Å². The predicted molar refractivity (Wildman–Crippen MR) is 186 cm³/mol. The van der Waals surface area contributed by atoms with Gasteiger partial charge in [-0.05, 0) is 135 Å². The minimum Gasteiger partial charge on any atom is -0.480 e. The van der Waals surface area contributed by atoms with Crippen LogP contribution < -0.4 is 10.6 Å². The standard InChI is InChI=1S/C40H66N2O5/c1-26(2)27-16-21-40(35(47)41-24-12-10-8-9-11-13-32(44)42-25-33(45)46)23-22-38(6)28(34(27)40)14-15-30-37(5)19-18-31(43)36(3,4)29(37)17-20-39(30,38)7/h27-31,34,43H,1,8-25H2,2-7H3,(H,41,47)(H,42,44)(H,45,46)/t27-,28+,29-,30+,31-,34+,37-,38+,39+,40-/m0/s1. The molecule has 2 amide bonds. The number of hydrogen-bond acceptors (Lipinski definition) is 4. The van der Waals surface area contributed by atoms with Gasteiger partial charge in [0.25, 0.3) is 0 Å². The maximum Gasteiger partial charge on any atom is 0.322 e. The molecule has 0 spiro atoms. The lowest BCUT2D eigenvalue weighted by atomic mass is 9.32. The van der Waals surface area contributed by atoms with E-state index in [1.807, 2.05) is 0 Å². The predicted octanol–water partition coefficient (Wildman–Crippen LogP) is 7.66. The Balaban J connectivity index is 1.23. The molecule has 5 aliphatic rings. The van der Waals surface area contributed by atoms with E-state index in [-0.39, 0.29) is 51.5 Å². The molecule has 5 aliphatic carbocycles. The van der Waals surface area contributed by atoms with Gasteiger partial charge in [-0.25, -0.2) is 0 Å². The van der Waals surface area contributed by atoms with Gasteiger partial charge in [-0.15, -0.1) is 0 Å². The first-order valence-electron chi connectivity index (χ1n) is 19.1. The smallest absolute Gasteiger partial charge is 0.322 e. The molecule has 47 heavy (non-hydrogen) atoms. The highest BCUT2D eigenvalue weighted by Crippen LogP contribution is 2.77. The van der Waals surface area contributed by atoms with Crippen LogP contribution in [0.15, 0.2) is 12.2 Å². The zero-order chi connectivity index (χ0) is 34.4. The molecule has 0 saturated heterocycles. The van der Waals surface area contributed by atoms with Gasteiger partial charge >= 0.3 is 5.97 Å². The Kier molecular flexibility index (Phi) is 10.4. The lowest BCUT2D eigenvalue weighted by Gasteiger charge is -2.72. The third-order valence-corrected chi connectivity index (χ3v) is 15.8. The summed E-state index contributed by atoms with van der Waals surface area (Å²) in [4.78, 5) is 36.6. The summed E-state index contributed by atoms with van der Waals surface area (Å²) in [5.41, 5.74) is 1.62. The lowest BCUT2D eigenvalue weighted by molar-refractivity contribution is -0.246. The van der Waals surface area contributed by atoms with E-state index in [2.05, 4.69) is 58.8 Å². The highest BCUT2D eigenvalue weighted by atomic mass is 16.4. The van der Waals surface area contributed by atoms with Gasteiger partial charge < -0.3 is 20.8 Å². The molecule has 5 saturated carbocycles. The largest absolute Gasteiger partial charge is 0.480 e. The van der Waals surface area contributed by atoms with Crippen molar-refractivity contribution >= 4 is 17.8 Å². The SMILES string of the molecule is C=C(C)[C@@H]1CC[C@]2(C(=O)NCCCCCCCC(=O)NCC(=O)O)CC[C@]3(C)[C@H](CC[C@@H]4[C@@]5(C)CC[C@H](O)C(C)(C)[C@@H]5CC[C@]43C)[C@@H]12. The maximum absolute atomic E-state index is 14.3. The first-order valence-corrected chi connectivity index (χ1v) is 19.1. The second-order valence-corrected chi connectivity index (χ2v) is 18.2. The number of unbranched alkanes of at least 4 members (excludes halogenated alkanes) is 4. The number of aliphatic carboxylic acids is 1. The molecule has 0 bridgehead atoms. The molecular formula is C40H66N2O5. The summed E-state index contributed by atoms with van der Waals surface area (Å²) in [6.07, 6.45) is 15.9. The van der Waals surface area contributed by atoms with Crippen LogP contribution in [0.3, 0.4) is 0 Å². The minimum absolute atomic E-state index is 0.0394. The summed E-state index contributed by atoms with van der Waals surface area (Å²) in [7, 11) is 0. The summed E-state index contributed by atoms with van der Waals surface area (Å²) < 4.78 is 0. The van der Waals surface area contributed by atoms with Crippen molar-refractivity contribution in [2.24, 2.45) is 56.7 Å². The van der Waals surface area contributed by atoms with E-state index in [4.69, 9.17) is 5.11 Å². The number of carbonyl (C=O) groups excluding carboxylic acids is 2. The Morgan fingerprint density at radius 1 is 0.766 bits per heavy atom. The number of carboxylic acid groups (broad SMARTS) is 1. The molecule has 0 heterocycles. The number of aliphatic hydroxyl groups excluding tert-OH is 1. The van der Waals surface area contributed by atoms with Crippen molar-refractivity contribution in [3.63, 3.8) is 0 Å². The molecule has 4 N–H and O–H groups in total. The number of amides is 2. The van der Waals surface area contributed by atoms with E-state index >= 15 is 0 Å². The second kappa shape index (κ2) is 13.4. The van der Waals surface area contributed by atoms with E-state index in [1.54, 1.807) is 0 Å². The van der Waals surface area contributed by atoms with Gasteiger partial charge in [-0.2, -0.15) is 0 Å². The van der Waals surface area contributed by atoms with Gasteiger partial charge in [0.15, 0.2) is 0 Å². The normalized spacial score (nSPS) is 41.9. The molecular weight excluding hydrogens is 588 g/mol. The first-order chi connectivity index (χ1) is 22.0. The highest BCUT2D eigenvalue weighted by molar-refractivity contribution is 5.84. The van der Waals surface area contributed by atoms with Crippen molar-refractivity contribution in [2.45, 2.75) is 150 Å². The number of fused-ring (bicyclic) bond motifs is 7. The number of rotatable bonds is 12. The van der Waals surface area contributed by atoms with E-state index in [0.717, 1.165) is 70.6 Å². The van der Waals surface area contributed by atoms with Gasteiger partial charge in [0.05, 0.1) is 11.5 Å². The highest BCUT2D eigenvalue weighted by Gasteiger charge is 2.71. The van der Waals surface area contributed by atoms with Gasteiger partial charge in [0.1, 0.15) is 6.54 Å². The van der Waals surface area contributed by atoms with Crippen LogP contribution in [0.1, 0.15) is 144 Å². The van der Waals surface area contributed by atoms with Gasteiger partial charge in [-0.1, -0.05) is 66.0 Å². The van der Waals surface area contributed by atoms with Gasteiger partial charge in [-0.3, -0.25) is 14.4 Å². The topological polar surface area (TPSA) is 116 Å². The van der Waals surface area contributed by atoms with Crippen LogP contribution in [0.5, 0.6) is 0 Å². The molecule has 7 nitrogen and oxygen atoms in total. The van der Waals surface area contributed by atoms with Gasteiger partial charge in [0, 0.05) is 13.0 Å². The summed E-state index contributed by atoms with van der Waals surface area (Å²) in [5, 5.41) is 25.6. The van der Waals surface area contributed by atoms with E-state index in [1.165, 1.54) is 31.3 Å². The summed E-state index contributed by atoms with van der Waals surface area (Å²) in [6, 6.07) is 0. The number of carboxylic acids is 1. The van der Waals surface area contributed by atoms with Crippen molar-refractivity contribution in [1.82, 2.24) is 10.6 Å².